The van der Waals surface area contributed by atoms with E-state index in [9.17, 15) is 0 Å². The van der Waals surface area contributed by atoms with Gasteiger partial charge in [0.2, 0.25) is 0 Å². The topological polar surface area (TPSA) is 79.4 Å². The molecule has 1 unspecified atom stereocenters. The van der Waals surface area contributed by atoms with Crippen molar-refractivity contribution >= 4 is 40.8 Å². The molecule has 0 fully saturated rings. The van der Waals surface area contributed by atoms with E-state index in [-0.39, 0.29) is 0 Å². The Balaban J connectivity index is 2.48. The lowest BCUT2D eigenvalue weighted by molar-refractivity contribution is -0.534. The Labute approximate surface area is 141 Å². The summed E-state index contributed by atoms with van der Waals surface area (Å²) < 4.78 is 1.91. The van der Waals surface area contributed by atoms with Gasteiger partial charge in [-0.15, -0.1) is 0 Å². The van der Waals surface area contributed by atoms with Gasteiger partial charge < -0.3 is 5.73 Å². The van der Waals surface area contributed by atoms with Crippen LogP contribution in [0.25, 0.3) is 0 Å². The van der Waals surface area contributed by atoms with E-state index in [1.165, 1.54) is 0 Å². The Morgan fingerprint density at radius 3 is 2.55 bits per heavy atom. The van der Waals surface area contributed by atoms with E-state index < -0.39 is 5.66 Å². The van der Waals surface area contributed by atoms with Gasteiger partial charge in [-0.3, -0.25) is 5.73 Å². The standard InChI is InChI=1S/C15H21Cl2N5/c1-9(2)6-7-15(3)21-13(18)20-14(19)22(15)10-4-5-11(16)12(17)8-10/h4-5,8-9H,6-7H2,1-3H3,(H4,18,19,20,21)/p+1. The number of rotatable bonds is 4. The van der Waals surface area contributed by atoms with Crippen LogP contribution in [0, 0.1) is 5.92 Å². The summed E-state index contributed by atoms with van der Waals surface area (Å²) in [4.78, 5) is 4.58. The van der Waals surface area contributed by atoms with Gasteiger partial charge in [-0.2, -0.15) is 4.99 Å². The second kappa shape index (κ2) is 6.34. The Morgan fingerprint density at radius 1 is 1.27 bits per heavy atom. The number of guanidine groups is 2. The molecule has 1 aromatic rings. The highest BCUT2D eigenvalue weighted by atomic mass is 35.5. The third kappa shape index (κ3) is 3.47. The fourth-order valence-corrected chi connectivity index (χ4v) is 2.85. The number of nitrogens with zero attached hydrogens (tertiary/aromatic N) is 2. The van der Waals surface area contributed by atoms with Crippen molar-refractivity contribution in [3.8, 4) is 0 Å². The van der Waals surface area contributed by atoms with Crippen LogP contribution < -0.4 is 16.8 Å². The number of halogens is 2. The molecule has 1 aromatic carbocycles. The van der Waals surface area contributed by atoms with Crippen molar-refractivity contribution < 1.29 is 4.58 Å². The van der Waals surface area contributed by atoms with Gasteiger partial charge in [-0.25, -0.2) is 9.89 Å². The van der Waals surface area contributed by atoms with Crippen molar-refractivity contribution in [2.24, 2.45) is 22.4 Å². The van der Waals surface area contributed by atoms with E-state index in [0.29, 0.717) is 27.9 Å². The molecule has 1 aliphatic heterocycles. The minimum atomic E-state index is -0.569. The molecule has 5 N–H and O–H groups in total. The van der Waals surface area contributed by atoms with Gasteiger partial charge in [-0.05, 0) is 37.5 Å². The molecule has 0 spiro atoms. The highest BCUT2D eigenvalue weighted by molar-refractivity contribution is 6.42. The zero-order valence-corrected chi connectivity index (χ0v) is 14.5. The normalized spacial score (nSPS) is 21.8. The zero-order chi connectivity index (χ0) is 16.5. The van der Waals surface area contributed by atoms with Crippen molar-refractivity contribution in [2.45, 2.75) is 39.3 Å². The maximum Gasteiger partial charge on any atom is 0.357 e. The average Bonchev–Trinajstić information content (AvgIpc) is 2.39. The predicted molar refractivity (Wildman–Crippen MR) is 92.8 cm³/mol. The first-order valence-electron chi connectivity index (χ1n) is 7.23. The molecule has 1 atom stereocenters. The van der Waals surface area contributed by atoms with Gasteiger partial charge in [0.15, 0.2) is 5.66 Å². The van der Waals surface area contributed by atoms with Gasteiger partial charge in [-0.1, -0.05) is 37.0 Å². The van der Waals surface area contributed by atoms with Crippen LogP contribution in [0.2, 0.25) is 10.0 Å². The maximum atomic E-state index is 6.17. The van der Waals surface area contributed by atoms with E-state index >= 15 is 0 Å². The SMILES string of the molecule is CC(C)CCC1(C)N=C(N)NC(N)=[N+]1c1ccc(Cl)c(Cl)c1. The highest BCUT2D eigenvalue weighted by Gasteiger charge is 2.38. The molecule has 22 heavy (non-hydrogen) atoms. The largest absolute Gasteiger partial charge is 0.357 e. The first-order chi connectivity index (χ1) is 10.2. The summed E-state index contributed by atoms with van der Waals surface area (Å²) in [6.45, 7) is 6.36. The number of nitrogens with two attached hydrogens (primary N) is 2. The lowest BCUT2D eigenvalue weighted by Crippen LogP contribution is -2.56. The van der Waals surface area contributed by atoms with Crippen molar-refractivity contribution in [2.75, 3.05) is 0 Å². The van der Waals surface area contributed by atoms with Crippen molar-refractivity contribution in [1.29, 1.82) is 0 Å². The predicted octanol–water partition coefficient (Wildman–Crippen LogP) is 3.02. The van der Waals surface area contributed by atoms with Crippen molar-refractivity contribution in [3.05, 3.63) is 28.2 Å². The molecule has 0 saturated heterocycles. The minimum absolute atomic E-state index is 0.320. The summed E-state index contributed by atoms with van der Waals surface area (Å²) >= 11 is 12.1. The lowest BCUT2D eigenvalue weighted by Gasteiger charge is -2.32. The van der Waals surface area contributed by atoms with E-state index in [0.717, 1.165) is 18.5 Å². The van der Waals surface area contributed by atoms with Gasteiger partial charge in [0.25, 0.3) is 5.96 Å². The molecular formula is C15H22Cl2N5+. The smallest absolute Gasteiger partial charge is 0.357 e. The van der Waals surface area contributed by atoms with Gasteiger partial charge in [0.1, 0.15) is 5.69 Å². The first kappa shape index (κ1) is 16.9. The molecule has 1 heterocycles. The molecule has 5 nitrogen and oxygen atoms in total. The Morgan fingerprint density at radius 2 is 1.95 bits per heavy atom. The summed E-state index contributed by atoms with van der Waals surface area (Å²) in [7, 11) is 0. The van der Waals surface area contributed by atoms with Crippen LogP contribution in [0.3, 0.4) is 0 Å². The quantitative estimate of drug-likeness (QED) is 0.735. The summed E-state index contributed by atoms with van der Waals surface area (Å²) in [5.74, 6) is 1.30. The van der Waals surface area contributed by atoms with E-state index in [2.05, 4.69) is 24.2 Å². The second-order valence-electron chi connectivity index (χ2n) is 6.09. The third-order valence-electron chi connectivity index (χ3n) is 3.70. The molecule has 1 aliphatic rings. The molecule has 0 saturated carbocycles. The molecule has 0 aromatic heterocycles. The molecule has 2 rings (SSSR count). The maximum absolute atomic E-state index is 6.17. The van der Waals surface area contributed by atoms with Crippen LogP contribution in [0.4, 0.5) is 5.69 Å². The fraction of sp³-hybridized carbons (Fsp3) is 0.467. The first-order valence-corrected chi connectivity index (χ1v) is 7.98. The molecule has 120 valence electrons. The molecular weight excluding hydrogens is 321 g/mol. The van der Waals surface area contributed by atoms with Crippen LogP contribution in [0.15, 0.2) is 23.2 Å². The summed E-state index contributed by atoms with van der Waals surface area (Å²) in [5.41, 5.74) is 12.3. The molecule has 0 bridgehead atoms. The summed E-state index contributed by atoms with van der Waals surface area (Å²) in [6.07, 6.45) is 1.81. The minimum Gasteiger partial charge on any atom is -0.357 e. The van der Waals surface area contributed by atoms with E-state index in [1.54, 1.807) is 12.1 Å². The van der Waals surface area contributed by atoms with Crippen molar-refractivity contribution in [3.63, 3.8) is 0 Å². The van der Waals surface area contributed by atoms with Gasteiger partial charge >= 0.3 is 5.96 Å². The Bertz CT molecular complexity index is 639. The van der Waals surface area contributed by atoms with E-state index in [1.807, 2.05) is 17.6 Å². The van der Waals surface area contributed by atoms with Crippen LogP contribution in [-0.4, -0.2) is 22.2 Å². The number of nitrogens with one attached hydrogen (secondary N) is 1. The number of benzene rings is 1. The van der Waals surface area contributed by atoms with Gasteiger partial charge in [0.05, 0.1) is 10.0 Å². The average molecular weight is 343 g/mol. The second-order valence-corrected chi connectivity index (χ2v) is 6.91. The van der Waals surface area contributed by atoms with Crippen LogP contribution in [-0.2, 0) is 0 Å². The highest BCUT2D eigenvalue weighted by Crippen LogP contribution is 2.33. The molecule has 7 heteroatoms. The zero-order valence-electron chi connectivity index (χ0n) is 13.0. The number of aliphatic imine (C=N–C) groups is 1. The van der Waals surface area contributed by atoms with Gasteiger partial charge in [0, 0.05) is 6.42 Å². The van der Waals surface area contributed by atoms with E-state index in [4.69, 9.17) is 34.7 Å². The Kier molecular flexibility index (Phi) is 4.87. The number of hydrogen-bond donors (Lipinski definition) is 3. The summed E-state index contributed by atoms with van der Waals surface area (Å²) in [6, 6.07) is 5.40. The monoisotopic (exact) mass is 342 g/mol. The van der Waals surface area contributed by atoms with Crippen molar-refractivity contribution in [1.82, 2.24) is 5.32 Å². The Hall–Kier alpha value is -1.46. The van der Waals surface area contributed by atoms with Crippen LogP contribution in [0.1, 0.15) is 33.6 Å². The fourth-order valence-electron chi connectivity index (χ4n) is 2.56. The molecule has 0 amide bonds. The lowest BCUT2D eigenvalue weighted by atomic mass is 9.98. The van der Waals surface area contributed by atoms with Crippen LogP contribution >= 0.6 is 23.2 Å². The third-order valence-corrected chi connectivity index (χ3v) is 4.44. The van der Waals surface area contributed by atoms with Crippen LogP contribution in [0.5, 0.6) is 0 Å². The number of hydrogen-bond acceptors (Lipinski definition) is 4. The summed E-state index contributed by atoms with van der Waals surface area (Å²) in [5, 5.41) is 3.85. The molecule has 0 aliphatic carbocycles. The molecule has 0 radical (unpaired) electrons.